The summed E-state index contributed by atoms with van der Waals surface area (Å²) in [7, 11) is 2.93. The Labute approximate surface area is 223 Å². The Balaban J connectivity index is 1.55. The number of rotatable bonds is 5. The molecule has 0 unspecified atom stereocenters. The van der Waals surface area contributed by atoms with Crippen LogP contribution in [0.1, 0.15) is 66.7 Å². The number of fused-ring (bicyclic) bond motifs is 1. The molecule has 38 heavy (non-hydrogen) atoms. The van der Waals surface area contributed by atoms with Crippen molar-refractivity contribution in [3.8, 4) is 5.75 Å². The predicted octanol–water partition coefficient (Wildman–Crippen LogP) is 5.48. The fourth-order valence-corrected chi connectivity index (χ4v) is 5.04. The van der Waals surface area contributed by atoms with Crippen molar-refractivity contribution >= 4 is 28.9 Å². The number of carbonyl (C=O) groups excluding carboxylic acids is 3. The molecule has 0 spiro atoms. The van der Waals surface area contributed by atoms with E-state index in [4.69, 9.17) is 14.2 Å². The van der Waals surface area contributed by atoms with Crippen LogP contribution in [0.3, 0.4) is 0 Å². The highest BCUT2D eigenvalue weighted by Crippen LogP contribution is 2.32. The minimum absolute atomic E-state index is 0.0758. The van der Waals surface area contributed by atoms with Crippen LogP contribution in [-0.2, 0) is 20.7 Å². The van der Waals surface area contributed by atoms with Crippen molar-refractivity contribution in [2.24, 2.45) is 0 Å². The van der Waals surface area contributed by atoms with Gasteiger partial charge in [0.2, 0.25) is 0 Å². The van der Waals surface area contributed by atoms with E-state index in [1.807, 2.05) is 70.2 Å². The van der Waals surface area contributed by atoms with Gasteiger partial charge < -0.3 is 19.1 Å². The van der Waals surface area contributed by atoms with Crippen LogP contribution in [0.4, 0.5) is 4.79 Å². The third-order valence-corrected chi connectivity index (χ3v) is 7.07. The number of carbonyl (C=O) groups is 3. The molecule has 1 aromatic heterocycles. The molecule has 0 aliphatic carbocycles. The van der Waals surface area contributed by atoms with E-state index >= 15 is 0 Å². The van der Waals surface area contributed by atoms with Gasteiger partial charge in [-0.3, -0.25) is 14.2 Å². The Hall–Kier alpha value is -3.81. The summed E-state index contributed by atoms with van der Waals surface area (Å²) in [6.07, 6.45) is 1.48. The number of aromatic nitrogens is 1. The number of hydrogen-bond donors (Lipinski definition) is 0. The van der Waals surface area contributed by atoms with Crippen LogP contribution in [0.15, 0.2) is 42.5 Å². The Morgan fingerprint density at radius 1 is 0.974 bits per heavy atom. The molecule has 8 nitrogen and oxygen atoms in total. The minimum atomic E-state index is -0.509. The highest BCUT2D eigenvalue weighted by atomic mass is 16.6. The van der Waals surface area contributed by atoms with Gasteiger partial charge in [0, 0.05) is 35.8 Å². The van der Waals surface area contributed by atoms with E-state index in [2.05, 4.69) is 0 Å². The molecular weight excluding hydrogens is 484 g/mol. The molecule has 1 aliphatic rings. The van der Waals surface area contributed by atoms with Gasteiger partial charge in [0.25, 0.3) is 5.91 Å². The molecule has 0 bridgehead atoms. The van der Waals surface area contributed by atoms with Gasteiger partial charge in [-0.1, -0.05) is 12.1 Å². The fraction of sp³-hybridized carbons (Fsp3) is 0.433. The van der Waals surface area contributed by atoms with E-state index in [1.165, 1.54) is 7.11 Å². The van der Waals surface area contributed by atoms with Gasteiger partial charge in [0.05, 0.1) is 26.2 Å². The van der Waals surface area contributed by atoms with Crippen molar-refractivity contribution in [1.29, 1.82) is 0 Å². The number of piperidine rings is 1. The molecule has 1 amide bonds. The van der Waals surface area contributed by atoms with Crippen molar-refractivity contribution in [2.45, 2.75) is 58.5 Å². The van der Waals surface area contributed by atoms with Gasteiger partial charge in [-0.05, 0) is 81.8 Å². The highest BCUT2D eigenvalue weighted by molar-refractivity contribution is 6.05. The molecule has 1 fully saturated rings. The Kier molecular flexibility index (Phi) is 7.81. The quantitative estimate of drug-likeness (QED) is 0.414. The van der Waals surface area contributed by atoms with Gasteiger partial charge in [0.1, 0.15) is 11.4 Å². The average molecular weight is 521 g/mol. The van der Waals surface area contributed by atoms with Crippen LogP contribution in [0.2, 0.25) is 0 Å². The lowest BCUT2D eigenvalue weighted by molar-refractivity contribution is -0.139. The van der Waals surface area contributed by atoms with Crippen LogP contribution < -0.4 is 4.74 Å². The maximum Gasteiger partial charge on any atom is 0.410 e. The number of ether oxygens (including phenoxy) is 3. The first-order valence-corrected chi connectivity index (χ1v) is 12.9. The average Bonchev–Trinajstić information content (AvgIpc) is 3.17. The minimum Gasteiger partial charge on any atom is -0.497 e. The van der Waals surface area contributed by atoms with Crippen LogP contribution in [0.25, 0.3) is 10.9 Å². The molecule has 0 radical (unpaired) electrons. The lowest BCUT2D eigenvalue weighted by Crippen LogP contribution is -2.41. The molecule has 0 atom stereocenters. The summed E-state index contributed by atoms with van der Waals surface area (Å²) < 4.78 is 17.4. The van der Waals surface area contributed by atoms with Crippen LogP contribution in [0, 0.1) is 6.92 Å². The third-order valence-electron chi connectivity index (χ3n) is 7.07. The number of hydrogen-bond acceptors (Lipinski definition) is 6. The van der Waals surface area contributed by atoms with Gasteiger partial charge >= 0.3 is 12.1 Å². The zero-order chi connectivity index (χ0) is 27.6. The Morgan fingerprint density at radius 2 is 1.63 bits per heavy atom. The summed E-state index contributed by atoms with van der Waals surface area (Å²) in [5, 5.41) is 0.815. The van der Waals surface area contributed by atoms with Gasteiger partial charge in [-0.25, -0.2) is 4.79 Å². The van der Waals surface area contributed by atoms with E-state index in [-0.39, 0.29) is 24.4 Å². The fourth-order valence-electron chi connectivity index (χ4n) is 5.04. The van der Waals surface area contributed by atoms with Crippen LogP contribution >= 0.6 is 0 Å². The lowest BCUT2D eigenvalue weighted by Gasteiger charge is -2.33. The van der Waals surface area contributed by atoms with Crippen molar-refractivity contribution in [3.63, 3.8) is 0 Å². The van der Waals surface area contributed by atoms with Crippen LogP contribution in [0.5, 0.6) is 5.75 Å². The van der Waals surface area contributed by atoms with Gasteiger partial charge in [-0.15, -0.1) is 0 Å². The van der Waals surface area contributed by atoms with E-state index in [1.54, 1.807) is 16.6 Å². The Bertz CT molecular complexity index is 1340. The molecule has 1 saturated heterocycles. The smallest absolute Gasteiger partial charge is 0.410 e. The van der Waals surface area contributed by atoms with Gasteiger partial charge in [0.15, 0.2) is 0 Å². The van der Waals surface area contributed by atoms with Crippen molar-refractivity contribution < 1.29 is 28.6 Å². The molecule has 202 valence electrons. The molecule has 8 heteroatoms. The first-order valence-electron chi connectivity index (χ1n) is 12.9. The molecule has 1 aliphatic heterocycles. The summed E-state index contributed by atoms with van der Waals surface area (Å²) in [5.74, 6) is 0.394. The number of methoxy groups -OCH3 is 2. The Morgan fingerprint density at radius 3 is 2.21 bits per heavy atom. The first kappa shape index (κ1) is 27.2. The largest absolute Gasteiger partial charge is 0.497 e. The second-order valence-electron chi connectivity index (χ2n) is 10.7. The number of esters is 1. The molecular formula is C30H36N2O6. The second-order valence-corrected chi connectivity index (χ2v) is 10.7. The molecule has 3 aromatic rings. The number of benzene rings is 2. The molecule has 4 rings (SSSR count). The summed E-state index contributed by atoms with van der Waals surface area (Å²) in [6, 6.07) is 13.2. The molecule has 0 N–H and O–H groups in total. The number of nitrogens with zero attached hydrogens (tertiary/aromatic N) is 2. The first-order chi connectivity index (χ1) is 18.0. The van der Waals surface area contributed by atoms with Gasteiger partial charge in [-0.2, -0.15) is 0 Å². The highest BCUT2D eigenvalue weighted by Gasteiger charge is 2.28. The predicted molar refractivity (Wildman–Crippen MR) is 145 cm³/mol. The summed E-state index contributed by atoms with van der Waals surface area (Å²) in [6.45, 7) is 8.73. The standard InChI is InChI=1S/C30H36N2O6/c1-19-25(18-27(33)37-6)24-12-11-23(36-5)17-26(24)32(19)28(34)22-9-7-20(8-10-22)21-13-15-31(16-14-21)29(35)38-30(2,3)4/h7-12,17,21H,13-16,18H2,1-6H3. The molecule has 2 heterocycles. The van der Waals surface area contributed by atoms with E-state index in [0.717, 1.165) is 29.4 Å². The maximum absolute atomic E-state index is 13.7. The van der Waals surface area contributed by atoms with Crippen molar-refractivity contribution in [2.75, 3.05) is 27.3 Å². The number of amides is 1. The second kappa shape index (κ2) is 10.9. The summed E-state index contributed by atoms with van der Waals surface area (Å²) in [4.78, 5) is 39.9. The zero-order valence-electron chi connectivity index (χ0n) is 23.0. The lowest BCUT2D eigenvalue weighted by atomic mass is 9.89. The van der Waals surface area contributed by atoms with Crippen molar-refractivity contribution in [1.82, 2.24) is 9.47 Å². The molecule has 2 aromatic carbocycles. The zero-order valence-corrected chi connectivity index (χ0v) is 23.0. The summed E-state index contributed by atoms with van der Waals surface area (Å²) in [5.41, 5.74) is 3.33. The third kappa shape index (κ3) is 5.69. The topological polar surface area (TPSA) is 87.1 Å². The van der Waals surface area contributed by atoms with E-state index in [0.29, 0.717) is 41.5 Å². The monoisotopic (exact) mass is 520 g/mol. The molecule has 0 saturated carbocycles. The number of likely N-dealkylation sites (tertiary alicyclic amines) is 1. The SMILES string of the molecule is COC(=O)Cc1c(C)n(C(=O)c2ccc(C3CCN(C(=O)OC(C)(C)C)CC3)cc2)c2cc(OC)ccc12. The maximum atomic E-state index is 13.7. The van der Waals surface area contributed by atoms with Crippen LogP contribution in [-0.4, -0.2) is 60.3 Å². The van der Waals surface area contributed by atoms with Crippen molar-refractivity contribution in [3.05, 3.63) is 64.8 Å². The van der Waals surface area contributed by atoms with E-state index < -0.39 is 5.60 Å². The normalized spacial score (nSPS) is 14.4. The van der Waals surface area contributed by atoms with E-state index in [9.17, 15) is 14.4 Å². The summed E-state index contributed by atoms with van der Waals surface area (Å²) >= 11 is 0.